The van der Waals surface area contributed by atoms with Gasteiger partial charge in [-0.25, -0.2) is 13.8 Å². The molecule has 0 aliphatic carbocycles. The summed E-state index contributed by atoms with van der Waals surface area (Å²) in [6.07, 6.45) is 1.15. The molecule has 0 unspecified atom stereocenters. The standard InChI is InChI=1S/C16H23F2NO2/c1-11(2)8-16(17,18)9-21-15-7-12(3)14(6-13(15)4)19-10-20-5/h6-7,10-11H,8-9H2,1-5H3/b19-10-. The Kier molecular flexibility index (Phi) is 6.12. The van der Waals surface area contributed by atoms with Crippen molar-refractivity contribution in [1.29, 1.82) is 0 Å². The maximum absolute atomic E-state index is 13.7. The number of hydrogen-bond acceptors (Lipinski definition) is 3. The van der Waals surface area contributed by atoms with Gasteiger partial charge >= 0.3 is 0 Å². The zero-order valence-corrected chi connectivity index (χ0v) is 13.2. The Morgan fingerprint density at radius 2 is 1.90 bits per heavy atom. The summed E-state index contributed by atoms with van der Waals surface area (Å²) in [4.78, 5) is 4.12. The van der Waals surface area contributed by atoms with E-state index in [1.54, 1.807) is 32.9 Å². The second kappa shape index (κ2) is 7.38. The van der Waals surface area contributed by atoms with E-state index in [1.165, 1.54) is 13.5 Å². The molecule has 0 spiro atoms. The van der Waals surface area contributed by atoms with Crippen LogP contribution in [0.5, 0.6) is 5.75 Å². The van der Waals surface area contributed by atoms with E-state index in [2.05, 4.69) is 4.99 Å². The molecule has 5 heteroatoms. The first kappa shape index (κ1) is 17.4. The quantitative estimate of drug-likeness (QED) is 0.541. The normalized spacial score (nSPS) is 12.2. The van der Waals surface area contributed by atoms with Gasteiger partial charge in [-0.2, -0.15) is 0 Å². The Labute approximate surface area is 125 Å². The van der Waals surface area contributed by atoms with Crippen LogP contribution in [0.3, 0.4) is 0 Å². The van der Waals surface area contributed by atoms with Gasteiger partial charge in [-0.3, -0.25) is 0 Å². The molecule has 0 radical (unpaired) electrons. The molecule has 0 amide bonds. The van der Waals surface area contributed by atoms with Crippen LogP contribution >= 0.6 is 0 Å². The number of rotatable bonds is 7. The second-order valence-electron chi connectivity index (χ2n) is 5.62. The summed E-state index contributed by atoms with van der Waals surface area (Å²) in [7, 11) is 1.51. The molecule has 0 aliphatic rings. The van der Waals surface area contributed by atoms with E-state index in [4.69, 9.17) is 9.47 Å². The van der Waals surface area contributed by atoms with Crippen molar-refractivity contribution in [3.05, 3.63) is 23.3 Å². The number of benzene rings is 1. The van der Waals surface area contributed by atoms with Crippen molar-refractivity contribution >= 4 is 12.1 Å². The average Bonchev–Trinajstić information content (AvgIpc) is 2.36. The Balaban J connectivity index is 2.81. The molecular formula is C16H23F2NO2. The van der Waals surface area contributed by atoms with Gasteiger partial charge in [0, 0.05) is 6.42 Å². The van der Waals surface area contributed by atoms with Crippen molar-refractivity contribution in [1.82, 2.24) is 0 Å². The van der Waals surface area contributed by atoms with E-state index < -0.39 is 12.5 Å². The molecule has 0 saturated carbocycles. The Morgan fingerprint density at radius 3 is 2.48 bits per heavy atom. The third kappa shape index (κ3) is 5.69. The smallest absolute Gasteiger partial charge is 0.281 e. The highest BCUT2D eigenvalue weighted by Gasteiger charge is 2.31. The predicted octanol–water partition coefficient (Wildman–Crippen LogP) is 4.67. The first-order valence-electron chi connectivity index (χ1n) is 6.92. The molecule has 118 valence electrons. The second-order valence-corrected chi connectivity index (χ2v) is 5.62. The van der Waals surface area contributed by atoms with Crippen molar-refractivity contribution in [2.75, 3.05) is 13.7 Å². The van der Waals surface area contributed by atoms with Crippen LogP contribution in [0.2, 0.25) is 0 Å². The maximum Gasteiger partial charge on any atom is 0.281 e. The van der Waals surface area contributed by atoms with E-state index in [-0.39, 0.29) is 12.3 Å². The molecule has 0 bridgehead atoms. The molecule has 0 atom stereocenters. The van der Waals surface area contributed by atoms with Gasteiger partial charge in [0.2, 0.25) is 0 Å². The number of alkyl halides is 2. The monoisotopic (exact) mass is 299 g/mol. The van der Waals surface area contributed by atoms with Gasteiger partial charge < -0.3 is 9.47 Å². The topological polar surface area (TPSA) is 30.8 Å². The van der Waals surface area contributed by atoms with E-state index >= 15 is 0 Å². The molecule has 21 heavy (non-hydrogen) atoms. The number of aliphatic imine (C=N–C) groups is 1. The molecule has 3 nitrogen and oxygen atoms in total. The van der Waals surface area contributed by atoms with Gasteiger partial charge in [0.1, 0.15) is 5.75 Å². The van der Waals surface area contributed by atoms with Crippen LogP contribution in [0.25, 0.3) is 0 Å². The highest BCUT2D eigenvalue weighted by atomic mass is 19.3. The minimum atomic E-state index is -2.82. The van der Waals surface area contributed by atoms with Gasteiger partial charge in [-0.05, 0) is 43.0 Å². The maximum atomic E-state index is 13.7. The summed E-state index contributed by atoms with van der Waals surface area (Å²) in [6.45, 7) is 6.59. The van der Waals surface area contributed by atoms with Crippen LogP contribution in [0.15, 0.2) is 17.1 Å². The first-order valence-corrected chi connectivity index (χ1v) is 6.92. The number of nitrogens with zero attached hydrogens (tertiary/aromatic N) is 1. The largest absolute Gasteiger partial charge is 0.487 e. The summed E-state index contributed by atoms with van der Waals surface area (Å²) < 4.78 is 37.4. The molecule has 0 saturated heterocycles. The minimum Gasteiger partial charge on any atom is -0.487 e. The van der Waals surface area contributed by atoms with Crippen molar-refractivity contribution in [3.8, 4) is 5.75 Å². The zero-order valence-electron chi connectivity index (χ0n) is 13.2. The third-order valence-electron chi connectivity index (χ3n) is 2.94. The molecule has 1 aromatic rings. The number of hydrogen-bond donors (Lipinski definition) is 0. The van der Waals surface area contributed by atoms with Crippen LogP contribution < -0.4 is 4.74 Å². The fourth-order valence-electron chi connectivity index (χ4n) is 2.02. The van der Waals surface area contributed by atoms with Gasteiger partial charge in [-0.15, -0.1) is 0 Å². The molecule has 1 rings (SSSR count). The van der Waals surface area contributed by atoms with Crippen LogP contribution in [-0.4, -0.2) is 26.0 Å². The fourth-order valence-corrected chi connectivity index (χ4v) is 2.02. The zero-order chi connectivity index (χ0) is 16.0. The highest BCUT2D eigenvalue weighted by Crippen LogP contribution is 2.30. The summed E-state index contributed by atoms with van der Waals surface area (Å²) in [5.41, 5.74) is 2.34. The van der Waals surface area contributed by atoms with Crippen molar-refractivity contribution in [2.45, 2.75) is 40.0 Å². The van der Waals surface area contributed by atoms with Crippen LogP contribution in [0, 0.1) is 19.8 Å². The van der Waals surface area contributed by atoms with Crippen LogP contribution in [-0.2, 0) is 4.74 Å². The molecular weight excluding hydrogens is 276 g/mol. The number of aryl methyl sites for hydroxylation is 2. The third-order valence-corrected chi connectivity index (χ3v) is 2.94. The van der Waals surface area contributed by atoms with Gasteiger partial charge in [0.25, 0.3) is 5.92 Å². The molecule has 1 aromatic carbocycles. The average molecular weight is 299 g/mol. The van der Waals surface area contributed by atoms with Crippen LogP contribution in [0.4, 0.5) is 14.5 Å². The number of ether oxygens (including phenoxy) is 2. The number of methoxy groups -OCH3 is 1. The Bertz CT molecular complexity index is 499. The molecule has 0 N–H and O–H groups in total. The molecule has 0 aromatic heterocycles. The lowest BCUT2D eigenvalue weighted by Crippen LogP contribution is -2.27. The summed E-state index contributed by atoms with van der Waals surface area (Å²) in [6, 6.07) is 3.52. The SMILES string of the molecule is CO/C=N\c1cc(C)c(OCC(F)(F)CC(C)C)cc1C. The van der Waals surface area contributed by atoms with Gasteiger partial charge in [0.05, 0.1) is 12.8 Å². The van der Waals surface area contributed by atoms with Crippen molar-refractivity contribution in [2.24, 2.45) is 10.9 Å². The van der Waals surface area contributed by atoms with E-state index in [0.29, 0.717) is 5.75 Å². The number of halogens is 2. The van der Waals surface area contributed by atoms with Crippen LogP contribution in [0.1, 0.15) is 31.4 Å². The minimum absolute atomic E-state index is 0.0720. The predicted molar refractivity (Wildman–Crippen MR) is 81.0 cm³/mol. The van der Waals surface area contributed by atoms with Gasteiger partial charge in [0.15, 0.2) is 13.0 Å². The lowest BCUT2D eigenvalue weighted by Gasteiger charge is -2.20. The summed E-state index contributed by atoms with van der Waals surface area (Å²) >= 11 is 0. The molecule has 0 heterocycles. The molecule has 0 fully saturated rings. The van der Waals surface area contributed by atoms with Crippen molar-refractivity contribution < 1.29 is 18.3 Å². The molecule has 0 aliphatic heterocycles. The van der Waals surface area contributed by atoms with E-state index in [1.807, 2.05) is 6.92 Å². The fraction of sp³-hybridized carbons (Fsp3) is 0.562. The van der Waals surface area contributed by atoms with E-state index in [9.17, 15) is 8.78 Å². The lowest BCUT2D eigenvalue weighted by atomic mass is 10.1. The van der Waals surface area contributed by atoms with E-state index in [0.717, 1.165) is 16.8 Å². The summed E-state index contributed by atoms with van der Waals surface area (Å²) in [5.74, 6) is -2.43. The first-order chi connectivity index (χ1) is 9.75. The highest BCUT2D eigenvalue weighted by molar-refractivity contribution is 5.61. The summed E-state index contributed by atoms with van der Waals surface area (Å²) in [5, 5.41) is 0. The Morgan fingerprint density at radius 1 is 1.24 bits per heavy atom. The van der Waals surface area contributed by atoms with Gasteiger partial charge in [-0.1, -0.05) is 13.8 Å². The van der Waals surface area contributed by atoms with Crippen molar-refractivity contribution in [3.63, 3.8) is 0 Å². The lowest BCUT2D eigenvalue weighted by molar-refractivity contribution is -0.0567. The Hall–Kier alpha value is -1.65.